The second-order valence-corrected chi connectivity index (χ2v) is 5.97. The van der Waals surface area contributed by atoms with Gasteiger partial charge in [-0.3, -0.25) is 15.0 Å². The van der Waals surface area contributed by atoms with E-state index in [9.17, 15) is 19.6 Å². The molecule has 0 radical (unpaired) electrons. The van der Waals surface area contributed by atoms with Crippen molar-refractivity contribution in [1.29, 1.82) is 0 Å². The Kier molecular flexibility index (Phi) is 4.43. The number of β-amino-alcohol motifs (C(OH)–C–C–N with tert-alkyl or cyclic N) is 1. The lowest BCUT2D eigenvalue weighted by Gasteiger charge is -2.38. The van der Waals surface area contributed by atoms with Gasteiger partial charge in [0.05, 0.1) is 22.3 Å². The van der Waals surface area contributed by atoms with Gasteiger partial charge in [0.1, 0.15) is 0 Å². The molecule has 21 heavy (non-hydrogen) atoms. The van der Waals surface area contributed by atoms with Crippen molar-refractivity contribution in [2.45, 2.75) is 19.4 Å². The smallest absolute Gasteiger partial charge is 0.272 e. The highest BCUT2D eigenvalue weighted by molar-refractivity contribution is 5.52. The van der Waals surface area contributed by atoms with Crippen molar-refractivity contribution in [2.75, 3.05) is 37.6 Å². The molecule has 2 rings (SSSR count). The second kappa shape index (κ2) is 5.95. The van der Waals surface area contributed by atoms with Gasteiger partial charge >= 0.3 is 0 Å². The van der Waals surface area contributed by atoms with Crippen LogP contribution in [0.4, 0.5) is 15.8 Å². The van der Waals surface area contributed by atoms with E-state index >= 15 is 0 Å². The van der Waals surface area contributed by atoms with E-state index in [4.69, 9.17) is 0 Å². The lowest BCUT2D eigenvalue weighted by molar-refractivity contribution is -0.385. The molecule has 1 fully saturated rings. The molecule has 116 valence electrons. The van der Waals surface area contributed by atoms with Crippen LogP contribution in [0.15, 0.2) is 18.2 Å². The maximum absolute atomic E-state index is 14.0. The number of rotatable bonds is 4. The van der Waals surface area contributed by atoms with Gasteiger partial charge in [0.15, 0.2) is 5.82 Å². The summed E-state index contributed by atoms with van der Waals surface area (Å²) in [5.41, 5.74) is -0.596. The van der Waals surface area contributed by atoms with Gasteiger partial charge in [0, 0.05) is 38.8 Å². The second-order valence-electron chi connectivity index (χ2n) is 5.97. The minimum Gasteiger partial charge on any atom is -0.389 e. The summed E-state index contributed by atoms with van der Waals surface area (Å²) in [6.45, 7) is 6.80. The first-order chi connectivity index (χ1) is 9.76. The number of non-ortho nitro benzene ring substituents is 1. The van der Waals surface area contributed by atoms with Crippen molar-refractivity contribution in [2.24, 2.45) is 0 Å². The van der Waals surface area contributed by atoms with Crippen molar-refractivity contribution in [3.63, 3.8) is 0 Å². The Hall–Kier alpha value is -1.73. The van der Waals surface area contributed by atoms with Crippen LogP contribution in [-0.2, 0) is 0 Å². The summed E-state index contributed by atoms with van der Waals surface area (Å²) in [5.74, 6) is -0.569. The molecule has 0 aliphatic carbocycles. The molecule has 0 amide bonds. The quantitative estimate of drug-likeness (QED) is 0.675. The fourth-order valence-electron chi connectivity index (χ4n) is 2.56. The van der Waals surface area contributed by atoms with Crippen LogP contribution in [0.3, 0.4) is 0 Å². The van der Waals surface area contributed by atoms with E-state index in [1.807, 2.05) is 4.90 Å². The van der Waals surface area contributed by atoms with Crippen LogP contribution in [0.2, 0.25) is 0 Å². The van der Waals surface area contributed by atoms with Gasteiger partial charge in [-0.2, -0.15) is 0 Å². The number of nitro groups is 1. The highest BCUT2D eigenvalue weighted by Crippen LogP contribution is 2.25. The standard InChI is InChI=1S/C14H20FN3O3/c1-14(2,19)10-16-5-7-17(8-6-16)13-4-3-11(18(20)21)9-12(13)15/h3-4,9,19H,5-8,10H2,1-2H3. The number of aliphatic hydroxyl groups is 1. The van der Waals surface area contributed by atoms with Crippen LogP contribution in [0.5, 0.6) is 0 Å². The zero-order valence-electron chi connectivity index (χ0n) is 12.3. The molecule has 6 nitrogen and oxygen atoms in total. The maximum Gasteiger partial charge on any atom is 0.272 e. The molecule has 1 aromatic carbocycles. The molecule has 0 spiro atoms. The van der Waals surface area contributed by atoms with Crippen LogP contribution in [0.1, 0.15) is 13.8 Å². The van der Waals surface area contributed by atoms with Gasteiger partial charge < -0.3 is 10.0 Å². The van der Waals surface area contributed by atoms with Gasteiger partial charge in [-0.25, -0.2) is 4.39 Å². The van der Waals surface area contributed by atoms with E-state index in [-0.39, 0.29) is 5.69 Å². The lowest BCUT2D eigenvalue weighted by atomic mass is 10.1. The summed E-state index contributed by atoms with van der Waals surface area (Å²) >= 11 is 0. The van der Waals surface area contributed by atoms with Crippen LogP contribution >= 0.6 is 0 Å². The average Bonchev–Trinajstić information content (AvgIpc) is 2.38. The summed E-state index contributed by atoms with van der Waals surface area (Å²) in [6.07, 6.45) is 0. The largest absolute Gasteiger partial charge is 0.389 e. The first-order valence-corrected chi connectivity index (χ1v) is 6.90. The Bertz CT molecular complexity index is 523. The third kappa shape index (κ3) is 4.12. The number of anilines is 1. The topological polar surface area (TPSA) is 69.8 Å². The number of halogens is 1. The van der Waals surface area contributed by atoms with Crippen LogP contribution in [0, 0.1) is 15.9 Å². The van der Waals surface area contributed by atoms with E-state index in [0.717, 1.165) is 19.2 Å². The van der Waals surface area contributed by atoms with E-state index < -0.39 is 16.3 Å². The van der Waals surface area contributed by atoms with Gasteiger partial charge in [0.2, 0.25) is 0 Å². The van der Waals surface area contributed by atoms with E-state index in [1.165, 1.54) is 12.1 Å². The molecule has 0 aromatic heterocycles. The predicted molar refractivity (Wildman–Crippen MR) is 78.0 cm³/mol. The zero-order valence-corrected chi connectivity index (χ0v) is 12.3. The summed E-state index contributed by atoms with van der Waals surface area (Å²) in [4.78, 5) is 14.0. The molecule has 0 saturated carbocycles. The molecular formula is C14H20FN3O3. The molecule has 1 saturated heterocycles. The van der Waals surface area contributed by atoms with Crippen LogP contribution in [-0.4, -0.2) is 53.3 Å². The number of benzene rings is 1. The summed E-state index contributed by atoms with van der Waals surface area (Å²) in [7, 11) is 0. The highest BCUT2D eigenvalue weighted by Gasteiger charge is 2.24. The molecule has 1 aliphatic rings. The van der Waals surface area contributed by atoms with Crippen molar-refractivity contribution in [3.8, 4) is 0 Å². The van der Waals surface area contributed by atoms with E-state index in [2.05, 4.69) is 4.90 Å². The number of nitrogens with zero attached hydrogens (tertiary/aromatic N) is 3. The molecule has 1 aromatic rings. The third-order valence-electron chi connectivity index (χ3n) is 3.47. The highest BCUT2D eigenvalue weighted by atomic mass is 19.1. The molecular weight excluding hydrogens is 277 g/mol. The molecule has 1 heterocycles. The number of nitro benzene ring substituents is 1. The zero-order chi connectivity index (χ0) is 15.6. The lowest BCUT2D eigenvalue weighted by Crippen LogP contribution is -2.50. The molecule has 0 atom stereocenters. The van der Waals surface area contributed by atoms with Gasteiger partial charge in [-0.1, -0.05) is 0 Å². The van der Waals surface area contributed by atoms with Gasteiger partial charge in [0.25, 0.3) is 5.69 Å². The Morgan fingerprint density at radius 1 is 1.33 bits per heavy atom. The average molecular weight is 297 g/mol. The number of piperazine rings is 1. The molecule has 1 aliphatic heterocycles. The Morgan fingerprint density at radius 3 is 2.43 bits per heavy atom. The maximum atomic E-state index is 14.0. The number of hydrogen-bond acceptors (Lipinski definition) is 5. The minimum atomic E-state index is -0.749. The van der Waals surface area contributed by atoms with Crippen molar-refractivity contribution >= 4 is 11.4 Å². The third-order valence-corrected chi connectivity index (χ3v) is 3.47. The molecule has 0 bridgehead atoms. The Balaban J connectivity index is 2.01. The summed E-state index contributed by atoms with van der Waals surface area (Å²) in [6, 6.07) is 3.74. The minimum absolute atomic E-state index is 0.239. The molecule has 7 heteroatoms. The fourth-order valence-corrected chi connectivity index (χ4v) is 2.56. The SMILES string of the molecule is CC(C)(O)CN1CCN(c2ccc([N+](=O)[O-])cc2F)CC1. The molecule has 1 N–H and O–H groups in total. The van der Waals surface area contributed by atoms with Crippen molar-refractivity contribution in [3.05, 3.63) is 34.1 Å². The van der Waals surface area contributed by atoms with Crippen molar-refractivity contribution < 1.29 is 14.4 Å². The Labute approximate surface area is 122 Å². The fraction of sp³-hybridized carbons (Fsp3) is 0.571. The van der Waals surface area contributed by atoms with Gasteiger partial charge in [-0.15, -0.1) is 0 Å². The van der Waals surface area contributed by atoms with Crippen molar-refractivity contribution in [1.82, 2.24) is 4.90 Å². The first-order valence-electron chi connectivity index (χ1n) is 6.90. The van der Waals surface area contributed by atoms with Gasteiger partial charge in [-0.05, 0) is 19.9 Å². The van der Waals surface area contributed by atoms with E-state index in [0.29, 0.717) is 25.3 Å². The van der Waals surface area contributed by atoms with Crippen LogP contribution < -0.4 is 4.90 Å². The van der Waals surface area contributed by atoms with Crippen LogP contribution in [0.25, 0.3) is 0 Å². The summed E-state index contributed by atoms with van der Waals surface area (Å²) in [5, 5.41) is 20.4. The number of hydrogen-bond donors (Lipinski definition) is 1. The first kappa shape index (κ1) is 15.7. The summed E-state index contributed by atoms with van der Waals surface area (Å²) < 4.78 is 14.0. The van der Waals surface area contributed by atoms with E-state index in [1.54, 1.807) is 13.8 Å². The molecule has 0 unspecified atom stereocenters. The Morgan fingerprint density at radius 2 is 1.95 bits per heavy atom. The normalized spacial score (nSPS) is 17.0. The monoisotopic (exact) mass is 297 g/mol. The predicted octanol–water partition coefficient (Wildman–Crippen LogP) is 1.63.